The summed E-state index contributed by atoms with van der Waals surface area (Å²) in [4.78, 5) is 43.1. The van der Waals surface area contributed by atoms with Gasteiger partial charge in [-0.15, -0.1) is 0 Å². The molecule has 0 spiro atoms. The summed E-state index contributed by atoms with van der Waals surface area (Å²) >= 11 is 0. The number of aryl methyl sites for hydroxylation is 1. The van der Waals surface area contributed by atoms with Gasteiger partial charge in [0.25, 0.3) is 11.4 Å². The minimum Gasteiger partial charge on any atom is -0.324 e. The normalized spacial score (nSPS) is 10.5. The number of carbonyl (C=O) groups is 1. The lowest BCUT2D eigenvalue weighted by Crippen LogP contribution is -2.20. The van der Waals surface area contributed by atoms with E-state index in [2.05, 4.69) is 10.4 Å². The highest BCUT2D eigenvalue weighted by atomic mass is 16.6. The Kier molecular flexibility index (Phi) is 5.14. The average Bonchev–Trinajstić information content (AvgIpc) is 2.82. The van der Waals surface area contributed by atoms with Crippen LogP contribution in [0.3, 0.4) is 0 Å². The molecule has 2 rings (SSSR count). The molecule has 1 N–H and O–H groups in total. The summed E-state index contributed by atoms with van der Waals surface area (Å²) in [6, 6.07) is 2.01. The molecule has 0 aliphatic rings. The Morgan fingerprint density at radius 2 is 1.56 bits per heavy atom. The van der Waals surface area contributed by atoms with Crippen LogP contribution in [0.1, 0.15) is 17.0 Å². The quantitative estimate of drug-likeness (QED) is 0.587. The molecule has 13 nitrogen and oxygen atoms in total. The topological polar surface area (TPSA) is 176 Å². The maximum atomic E-state index is 12.2. The Labute approximate surface area is 151 Å². The second kappa shape index (κ2) is 7.15. The zero-order chi connectivity index (χ0) is 20.5. The number of carbonyl (C=O) groups excluding carboxylic acids is 1. The summed E-state index contributed by atoms with van der Waals surface area (Å²) in [5.74, 6) is -0.706. The molecular formula is C14H14N6O7. The van der Waals surface area contributed by atoms with E-state index < -0.39 is 38.6 Å². The third kappa shape index (κ3) is 3.86. The largest absolute Gasteiger partial charge is 0.324 e. The van der Waals surface area contributed by atoms with Crippen molar-refractivity contribution >= 4 is 28.7 Å². The third-order valence-electron chi connectivity index (χ3n) is 3.85. The van der Waals surface area contributed by atoms with Crippen molar-refractivity contribution in [2.75, 3.05) is 5.32 Å². The Morgan fingerprint density at radius 1 is 1.04 bits per heavy atom. The van der Waals surface area contributed by atoms with E-state index in [4.69, 9.17) is 0 Å². The minimum atomic E-state index is -0.789. The van der Waals surface area contributed by atoms with Gasteiger partial charge in [-0.2, -0.15) is 5.10 Å². The van der Waals surface area contributed by atoms with Gasteiger partial charge in [-0.05, 0) is 20.8 Å². The molecule has 1 heterocycles. The molecule has 2 aromatic rings. The Morgan fingerprint density at radius 3 is 1.96 bits per heavy atom. The molecule has 0 fully saturated rings. The van der Waals surface area contributed by atoms with Crippen LogP contribution < -0.4 is 5.32 Å². The number of hydrogen-bond acceptors (Lipinski definition) is 8. The second-order valence-corrected chi connectivity index (χ2v) is 5.64. The van der Waals surface area contributed by atoms with Crippen LogP contribution in [0.5, 0.6) is 0 Å². The fraction of sp³-hybridized carbons (Fsp3) is 0.286. The molecule has 0 saturated carbocycles. The number of aromatic nitrogens is 2. The van der Waals surface area contributed by atoms with Crippen LogP contribution in [-0.4, -0.2) is 30.5 Å². The van der Waals surface area contributed by atoms with Gasteiger partial charge in [-0.1, -0.05) is 0 Å². The SMILES string of the molecule is Cc1nn(CC(=O)Nc2cc([N+](=O)[O-])c(C)c([N+](=O)[O-])c2)c(C)c1[N+](=O)[O-]. The van der Waals surface area contributed by atoms with Crippen LogP contribution in [0, 0.1) is 51.1 Å². The molecule has 1 amide bonds. The van der Waals surface area contributed by atoms with Crippen molar-refractivity contribution in [2.45, 2.75) is 27.3 Å². The van der Waals surface area contributed by atoms with Crippen LogP contribution in [0.2, 0.25) is 0 Å². The number of anilines is 1. The van der Waals surface area contributed by atoms with Crippen LogP contribution in [0.4, 0.5) is 22.7 Å². The summed E-state index contributed by atoms with van der Waals surface area (Å²) in [6.45, 7) is 3.67. The van der Waals surface area contributed by atoms with E-state index in [0.29, 0.717) is 0 Å². The first-order valence-electron chi connectivity index (χ1n) is 7.44. The summed E-state index contributed by atoms with van der Waals surface area (Å²) < 4.78 is 1.11. The number of rotatable bonds is 6. The van der Waals surface area contributed by atoms with Crippen molar-refractivity contribution < 1.29 is 19.6 Å². The van der Waals surface area contributed by atoms with Crippen LogP contribution in [-0.2, 0) is 11.3 Å². The van der Waals surface area contributed by atoms with Gasteiger partial charge in [-0.25, -0.2) is 0 Å². The summed E-state index contributed by atoms with van der Waals surface area (Å²) in [5, 5.41) is 39.4. The van der Waals surface area contributed by atoms with E-state index in [-0.39, 0.29) is 28.3 Å². The number of nitrogens with zero attached hydrogens (tertiary/aromatic N) is 5. The number of hydrogen-bond donors (Lipinski definition) is 1. The highest BCUT2D eigenvalue weighted by Gasteiger charge is 2.25. The summed E-state index contributed by atoms with van der Waals surface area (Å²) in [7, 11) is 0. The molecule has 0 bridgehead atoms. The molecule has 0 unspecified atom stereocenters. The van der Waals surface area contributed by atoms with Gasteiger partial charge in [0.1, 0.15) is 23.5 Å². The maximum Gasteiger partial charge on any atom is 0.312 e. The van der Waals surface area contributed by atoms with Gasteiger partial charge in [0.15, 0.2) is 0 Å². The average molecular weight is 378 g/mol. The van der Waals surface area contributed by atoms with Gasteiger partial charge < -0.3 is 5.32 Å². The van der Waals surface area contributed by atoms with Crippen molar-refractivity contribution in [2.24, 2.45) is 0 Å². The highest BCUT2D eigenvalue weighted by Crippen LogP contribution is 2.31. The first-order chi connectivity index (χ1) is 12.5. The number of nitrogens with one attached hydrogen (secondary N) is 1. The molecule has 27 heavy (non-hydrogen) atoms. The standard InChI is InChI=1S/C14H14N6O7/c1-7-11(18(22)23)4-10(5-12(7)19(24)25)15-13(21)6-17-9(3)14(20(26)27)8(2)16-17/h4-5H,6H2,1-3H3,(H,15,21). The molecule has 13 heteroatoms. The molecular weight excluding hydrogens is 364 g/mol. The lowest BCUT2D eigenvalue weighted by atomic mass is 10.1. The Hall–Kier alpha value is -3.90. The van der Waals surface area contributed by atoms with Gasteiger partial charge in [0.2, 0.25) is 5.91 Å². The number of nitro groups is 3. The second-order valence-electron chi connectivity index (χ2n) is 5.64. The van der Waals surface area contributed by atoms with Gasteiger partial charge >= 0.3 is 5.69 Å². The molecule has 0 aliphatic carbocycles. The van der Waals surface area contributed by atoms with Crippen LogP contribution in [0.25, 0.3) is 0 Å². The lowest BCUT2D eigenvalue weighted by molar-refractivity contribution is -0.395. The molecule has 1 aromatic carbocycles. The zero-order valence-electron chi connectivity index (χ0n) is 14.5. The fourth-order valence-electron chi connectivity index (χ4n) is 2.58. The van der Waals surface area contributed by atoms with Gasteiger partial charge in [0, 0.05) is 12.1 Å². The van der Waals surface area contributed by atoms with E-state index in [1.807, 2.05) is 0 Å². The van der Waals surface area contributed by atoms with Crippen molar-refractivity contribution in [1.82, 2.24) is 9.78 Å². The minimum absolute atomic E-state index is 0.131. The monoisotopic (exact) mass is 378 g/mol. The summed E-state index contributed by atoms with van der Waals surface area (Å²) in [5.41, 5.74) is -1.23. The fourth-order valence-corrected chi connectivity index (χ4v) is 2.58. The molecule has 0 aliphatic heterocycles. The van der Waals surface area contributed by atoms with E-state index >= 15 is 0 Å². The van der Waals surface area contributed by atoms with Crippen molar-refractivity contribution in [3.05, 3.63) is 59.4 Å². The number of amides is 1. The smallest absolute Gasteiger partial charge is 0.312 e. The highest BCUT2D eigenvalue weighted by molar-refractivity contribution is 5.91. The molecule has 0 radical (unpaired) electrons. The number of nitro benzene ring substituents is 2. The number of benzene rings is 1. The van der Waals surface area contributed by atoms with Crippen LogP contribution in [0.15, 0.2) is 12.1 Å². The van der Waals surface area contributed by atoms with E-state index in [9.17, 15) is 35.1 Å². The first kappa shape index (κ1) is 19.4. The van der Waals surface area contributed by atoms with Gasteiger partial charge in [-0.3, -0.25) is 39.8 Å². The maximum absolute atomic E-state index is 12.2. The molecule has 0 atom stereocenters. The van der Waals surface area contributed by atoms with Crippen molar-refractivity contribution in [3.8, 4) is 0 Å². The van der Waals surface area contributed by atoms with Crippen LogP contribution >= 0.6 is 0 Å². The first-order valence-corrected chi connectivity index (χ1v) is 7.44. The predicted octanol–water partition coefficient (Wildman–Crippen LogP) is 2.17. The Balaban J connectivity index is 2.31. The van der Waals surface area contributed by atoms with Gasteiger partial charge in [0.05, 0.1) is 20.5 Å². The third-order valence-corrected chi connectivity index (χ3v) is 3.85. The summed E-state index contributed by atoms with van der Waals surface area (Å²) in [6.07, 6.45) is 0. The van der Waals surface area contributed by atoms with E-state index in [1.165, 1.54) is 20.8 Å². The predicted molar refractivity (Wildman–Crippen MR) is 91.5 cm³/mol. The molecule has 142 valence electrons. The lowest BCUT2D eigenvalue weighted by Gasteiger charge is -2.08. The zero-order valence-corrected chi connectivity index (χ0v) is 14.5. The van der Waals surface area contributed by atoms with E-state index in [0.717, 1.165) is 16.8 Å². The Bertz CT molecular complexity index is 946. The molecule has 0 saturated heterocycles. The molecule has 1 aromatic heterocycles. The van der Waals surface area contributed by atoms with Crippen molar-refractivity contribution in [3.63, 3.8) is 0 Å². The van der Waals surface area contributed by atoms with E-state index in [1.54, 1.807) is 0 Å². The van der Waals surface area contributed by atoms with Crippen molar-refractivity contribution in [1.29, 1.82) is 0 Å².